The molecule has 146 valence electrons. The van der Waals surface area contributed by atoms with Gasteiger partial charge in [0.15, 0.2) is 11.5 Å². The predicted molar refractivity (Wildman–Crippen MR) is 114 cm³/mol. The monoisotopic (exact) mass is 442 g/mol. The molecule has 0 spiro atoms. The number of rotatable bonds is 4. The number of halogens is 1. The van der Waals surface area contributed by atoms with Crippen molar-refractivity contribution < 1.29 is 4.74 Å². The van der Waals surface area contributed by atoms with Crippen LogP contribution in [-0.4, -0.2) is 64.7 Å². The van der Waals surface area contributed by atoms with Crippen molar-refractivity contribution in [2.24, 2.45) is 0 Å². The highest BCUT2D eigenvalue weighted by Crippen LogP contribution is 2.26. The number of hydrogen-bond donors (Lipinski definition) is 1. The number of fused-ring (bicyclic) bond motifs is 1. The number of hydrogen-bond acceptors (Lipinski definition) is 6. The molecular formula is C20H23BrN6O. The molecular weight excluding hydrogens is 420 g/mol. The molecule has 4 heterocycles. The van der Waals surface area contributed by atoms with Gasteiger partial charge in [-0.25, -0.2) is 9.97 Å². The van der Waals surface area contributed by atoms with E-state index in [2.05, 4.69) is 65.3 Å². The second-order valence-electron chi connectivity index (χ2n) is 7.34. The molecule has 2 aliphatic heterocycles. The van der Waals surface area contributed by atoms with Crippen molar-refractivity contribution in [2.75, 3.05) is 49.6 Å². The maximum Gasteiger partial charge on any atom is 0.180 e. The summed E-state index contributed by atoms with van der Waals surface area (Å²) in [6.45, 7) is 8.14. The van der Waals surface area contributed by atoms with E-state index in [1.165, 1.54) is 5.69 Å². The van der Waals surface area contributed by atoms with E-state index in [4.69, 9.17) is 4.74 Å². The van der Waals surface area contributed by atoms with Crippen LogP contribution in [0, 0.1) is 6.92 Å². The Morgan fingerprint density at radius 1 is 1.11 bits per heavy atom. The molecule has 28 heavy (non-hydrogen) atoms. The Kier molecular flexibility index (Phi) is 4.70. The number of aromatic nitrogens is 3. The van der Waals surface area contributed by atoms with Crippen molar-refractivity contribution in [3.8, 4) is 0 Å². The Morgan fingerprint density at radius 2 is 1.86 bits per heavy atom. The molecule has 0 saturated carbocycles. The highest BCUT2D eigenvalue weighted by atomic mass is 79.9. The third kappa shape index (κ3) is 3.25. The fourth-order valence-corrected chi connectivity index (χ4v) is 4.20. The van der Waals surface area contributed by atoms with E-state index in [9.17, 15) is 0 Å². The van der Waals surface area contributed by atoms with Crippen LogP contribution in [-0.2, 0) is 4.74 Å². The van der Waals surface area contributed by atoms with Gasteiger partial charge in [-0.05, 0) is 47.1 Å². The minimum absolute atomic E-state index is 0.634. The number of aryl methyl sites for hydroxylation is 1. The van der Waals surface area contributed by atoms with E-state index in [1.54, 1.807) is 6.20 Å². The van der Waals surface area contributed by atoms with Gasteiger partial charge >= 0.3 is 0 Å². The Labute approximate surface area is 172 Å². The molecule has 2 saturated heterocycles. The molecule has 0 unspecified atom stereocenters. The van der Waals surface area contributed by atoms with Crippen LogP contribution < -0.4 is 10.2 Å². The van der Waals surface area contributed by atoms with Gasteiger partial charge in [0.05, 0.1) is 24.9 Å². The molecule has 0 radical (unpaired) electrons. The number of nitrogens with zero attached hydrogens (tertiary/aromatic N) is 5. The van der Waals surface area contributed by atoms with Gasteiger partial charge in [-0.15, -0.1) is 0 Å². The first-order valence-corrected chi connectivity index (χ1v) is 10.4. The number of ether oxygens (including phenoxy) is 1. The van der Waals surface area contributed by atoms with Crippen LogP contribution in [0.25, 0.3) is 5.65 Å². The van der Waals surface area contributed by atoms with Crippen molar-refractivity contribution in [2.45, 2.75) is 13.0 Å². The van der Waals surface area contributed by atoms with Gasteiger partial charge in [0.1, 0.15) is 4.60 Å². The van der Waals surface area contributed by atoms with Crippen molar-refractivity contribution in [3.05, 3.63) is 47.0 Å². The molecule has 5 rings (SSSR count). The molecule has 1 N–H and O–H groups in total. The van der Waals surface area contributed by atoms with Gasteiger partial charge in [0.25, 0.3) is 0 Å². The van der Waals surface area contributed by atoms with E-state index in [1.807, 2.05) is 17.5 Å². The Morgan fingerprint density at radius 3 is 2.54 bits per heavy atom. The zero-order valence-corrected chi connectivity index (χ0v) is 17.4. The highest BCUT2D eigenvalue weighted by molar-refractivity contribution is 9.10. The molecule has 0 aliphatic carbocycles. The summed E-state index contributed by atoms with van der Waals surface area (Å²) in [6, 6.07) is 9.20. The minimum atomic E-state index is 0.634. The molecule has 0 atom stereocenters. The standard InChI is InChI=1S/C20H23BrN6O/c1-14-18(21)24-19(20-22-6-7-27(14)20)23-15-2-4-16(5-3-15)25-8-10-26(11-9-25)17-12-28-13-17/h2-7,17H,8-13H2,1H3,(H,23,24). The van der Waals surface area contributed by atoms with Crippen LogP contribution in [0.15, 0.2) is 41.3 Å². The summed E-state index contributed by atoms with van der Waals surface area (Å²) in [6.07, 6.45) is 3.74. The molecule has 8 heteroatoms. The fourth-order valence-electron chi connectivity index (χ4n) is 3.83. The summed E-state index contributed by atoms with van der Waals surface area (Å²) in [5.41, 5.74) is 4.11. The SMILES string of the molecule is Cc1c(Br)nc(Nc2ccc(N3CCN(C4COC4)CC3)cc2)c2nccn12. The van der Waals surface area contributed by atoms with Crippen LogP contribution in [0.1, 0.15) is 5.69 Å². The van der Waals surface area contributed by atoms with E-state index < -0.39 is 0 Å². The predicted octanol–water partition coefficient (Wildman–Crippen LogP) is 3.06. The van der Waals surface area contributed by atoms with Gasteiger partial charge in [-0.3, -0.25) is 9.30 Å². The van der Waals surface area contributed by atoms with E-state index in [0.717, 1.165) is 66.8 Å². The number of benzene rings is 1. The molecule has 2 aromatic heterocycles. The second-order valence-corrected chi connectivity index (χ2v) is 8.09. The quantitative estimate of drug-likeness (QED) is 0.669. The summed E-state index contributed by atoms with van der Waals surface area (Å²) in [4.78, 5) is 14.1. The largest absolute Gasteiger partial charge is 0.378 e. The maximum atomic E-state index is 5.32. The van der Waals surface area contributed by atoms with Gasteiger partial charge in [0.2, 0.25) is 0 Å². The van der Waals surface area contributed by atoms with E-state index >= 15 is 0 Å². The lowest BCUT2D eigenvalue weighted by Gasteiger charge is -2.43. The van der Waals surface area contributed by atoms with E-state index in [-0.39, 0.29) is 0 Å². The van der Waals surface area contributed by atoms with Crippen LogP contribution in [0.2, 0.25) is 0 Å². The average molecular weight is 443 g/mol. The van der Waals surface area contributed by atoms with Crippen molar-refractivity contribution >= 4 is 38.8 Å². The Balaban J connectivity index is 1.28. The molecule has 3 aromatic rings. The van der Waals surface area contributed by atoms with Crippen LogP contribution in [0.3, 0.4) is 0 Å². The lowest BCUT2D eigenvalue weighted by Crippen LogP contribution is -2.56. The first kappa shape index (κ1) is 17.9. The summed E-state index contributed by atoms with van der Waals surface area (Å²) < 4.78 is 8.16. The molecule has 7 nitrogen and oxygen atoms in total. The minimum Gasteiger partial charge on any atom is -0.378 e. The first-order chi connectivity index (χ1) is 13.7. The molecule has 2 fully saturated rings. The average Bonchev–Trinajstić information content (AvgIpc) is 3.16. The van der Waals surface area contributed by atoms with Gasteiger partial charge in [0, 0.05) is 49.9 Å². The Hall–Kier alpha value is -2.16. The lowest BCUT2D eigenvalue weighted by atomic mass is 10.1. The lowest BCUT2D eigenvalue weighted by molar-refractivity contribution is -0.0660. The van der Waals surface area contributed by atoms with Gasteiger partial charge < -0.3 is 15.0 Å². The second kappa shape index (κ2) is 7.35. The number of imidazole rings is 1. The third-order valence-corrected chi connectivity index (χ3v) is 6.42. The molecule has 1 aromatic carbocycles. The third-order valence-electron chi connectivity index (χ3n) is 5.67. The number of piperazine rings is 1. The summed E-state index contributed by atoms with van der Waals surface area (Å²) >= 11 is 3.53. The first-order valence-electron chi connectivity index (χ1n) is 9.62. The fraction of sp³-hybridized carbons (Fsp3) is 0.400. The van der Waals surface area contributed by atoms with E-state index in [0.29, 0.717) is 6.04 Å². The zero-order valence-electron chi connectivity index (χ0n) is 15.8. The van der Waals surface area contributed by atoms with Crippen LogP contribution in [0.4, 0.5) is 17.2 Å². The van der Waals surface area contributed by atoms with Crippen LogP contribution >= 0.6 is 15.9 Å². The normalized spacial score (nSPS) is 18.4. The Bertz CT molecular complexity index is 976. The number of nitrogens with one attached hydrogen (secondary N) is 1. The highest BCUT2D eigenvalue weighted by Gasteiger charge is 2.28. The zero-order chi connectivity index (χ0) is 19.1. The van der Waals surface area contributed by atoms with Gasteiger partial charge in [-0.1, -0.05) is 0 Å². The van der Waals surface area contributed by atoms with Crippen molar-refractivity contribution in [3.63, 3.8) is 0 Å². The summed E-state index contributed by atoms with van der Waals surface area (Å²) in [5.74, 6) is 0.742. The summed E-state index contributed by atoms with van der Waals surface area (Å²) in [5, 5.41) is 3.40. The van der Waals surface area contributed by atoms with Crippen molar-refractivity contribution in [1.29, 1.82) is 0 Å². The summed E-state index contributed by atoms with van der Waals surface area (Å²) in [7, 11) is 0. The van der Waals surface area contributed by atoms with Crippen molar-refractivity contribution in [1.82, 2.24) is 19.3 Å². The molecule has 0 bridgehead atoms. The maximum absolute atomic E-state index is 5.32. The molecule has 2 aliphatic rings. The smallest absolute Gasteiger partial charge is 0.180 e. The topological polar surface area (TPSA) is 57.9 Å². The molecule has 0 amide bonds. The number of anilines is 3. The van der Waals surface area contributed by atoms with Gasteiger partial charge in [-0.2, -0.15) is 0 Å². The van der Waals surface area contributed by atoms with Crippen LogP contribution in [0.5, 0.6) is 0 Å².